The number of carbonyl (C=O) groups excluding carboxylic acids is 3. The van der Waals surface area contributed by atoms with Gasteiger partial charge in [0.1, 0.15) is 27.9 Å². The zero-order chi connectivity index (χ0) is 20.0. The van der Waals surface area contributed by atoms with E-state index in [2.05, 4.69) is 5.32 Å². The Kier molecular flexibility index (Phi) is 7.61. The van der Waals surface area contributed by atoms with Gasteiger partial charge in [-0.15, -0.1) is 11.3 Å². The van der Waals surface area contributed by atoms with Gasteiger partial charge >= 0.3 is 11.9 Å². The second kappa shape index (κ2) is 9.70. The van der Waals surface area contributed by atoms with E-state index in [-0.39, 0.29) is 35.0 Å². The molecular formula is C18H28N3O5S+. The van der Waals surface area contributed by atoms with Gasteiger partial charge in [-0.25, -0.2) is 4.79 Å². The Hall–Kier alpha value is -2.13. The van der Waals surface area contributed by atoms with E-state index in [4.69, 9.17) is 15.2 Å². The highest BCUT2D eigenvalue weighted by atomic mass is 32.1. The summed E-state index contributed by atoms with van der Waals surface area (Å²) in [5, 5.41) is 2.87. The summed E-state index contributed by atoms with van der Waals surface area (Å²) in [6.45, 7) is 5.98. The maximum atomic E-state index is 12.4. The van der Waals surface area contributed by atoms with E-state index in [0.29, 0.717) is 30.1 Å². The molecule has 0 aromatic carbocycles. The predicted octanol–water partition coefficient (Wildman–Crippen LogP) is 0.225. The zero-order valence-electron chi connectivity index (χ0n) is 16.1. The minimum atomic E-state index is -0.519. The van der Waals surface area contributed by atoms with Crippen LogP contribution in [0.2, 0.25) is 0 Å². The van der Waals surface area contributed by atoms with Gasteiger partial charge in [-0.3, -0.25) is 9.59 Å². The highest BCUT2D eigenvalue weighted by molar-refractivity contribution is 7.18. The van der Waals surface area contributed by atoms with Crippen LogP contribution < -0.4 is 16.0 Å². The van der Waals surface area contributed by atoms with Crippen molar-refractivity contribution < 1.29 is 28.8 Å². The number of ether oxygens (including phenoxy) is 2. The number of nitrogens with one attached hydrogen (secondary N) is 2. The summed E-state index contributed by atoms with van der Waals surface area (Å²) in [5.74, 6) is -1.15. The molecule has 1 unspecified atom stereocenters. The van der Waals surface area contributed by atoms with Gasteiger partial charge in [-0.2, -0.15) is 0 Å². The van der Waals surface area contributed by atoms with Crippen LogP contribution in [0.1, 0.15) is 52.3 Å². The molecule has 0 saturated carbocycles. The van der Waals surface area contributed by atoms with E-state index >= 15 is 0 Å². The van der Waals surface area contributed by atoms with Crippen molar-refractivity contribution in [3.8, 4) is 0 Å². The minimum absolute atomic E-state index is 0.167. The average Bonchev–Trinajstić information content (AvgIpc) is 2.97. The number of hydrogen-bond acceptors (Lipinski definition) is 7. The molecule has 1 fully saturated rings. The number of nitrogens with two attached hydrogens (primary N) is 1. The highest BCUT2D eigenvalue weighted by Crippen LogP contribution is 2.31. The fourth-order valence-electron chi connectivity index (χ4n) is 3.40. The molecule has 0 radical (unpaired) electrons. The number of esters is 2. The molecule has 0 bridgehead atoms. The highest BCUT2D eigenvalue weighted by Gasteiger charge is 2.33. The molecule has 27 heavy (non-hydrogen) atoms. The number of hydrogen-bond donors (Lipinski definition) is 3. The second-order valence-electron chi connectivity index (χ2n) is 6.42. The first kappa shape index (κ1) is 21.2. The van der Waals surface area contributed by atoms with Crippen molar-refractivity contribution in [3.63, 3.8) is 0 Å². The number of carbonyl (C=O) groups is 3. The first-order valence-corrected chi connectivity index (χ1v) is 10.0. The molecule has 9 heteroatoms. The van der Waals surface area contributed by atoms with Gasteiger partial charge in [0.25, 0.3) is 5.91 Å². The SMILES string of the molecule is CCOC(=O)c1c(N)sc(C(=O)NC)c1C[NH+]1CCC[C@H](C(=O)OCC)C1. The molecular weight excluding hydrogens is 370 g/mol. The lowest BCUT2D eigenvalue weighted by Crippen LogP contribution is -3.12. The standard InChI is InChI=1S/C18H27N3O5S/c1-4-25-17(23)11-7-6-8-21(9-11)10-12-13(18(24)26-5-2)15(19)27-14(12)16(22)20-3/h11H,4-10,19H2,1-3H3,(H,20,22)/p+1/t11-/m0/s1. The van der Waals surface area contributed by atoms with Crippen LogP contribution in [0.25, 0.3) is 0 Å². The van der Waals surface area contributed by atoms with Crippen molar-refractivity contribution >= 4 is 34.2 Å². The quantitative estimate of drug-likeness (QED) is 0.567. The van der Waals surface area contributed by atoms with E-state index in [1.807, 2.05) is 0 Å². The van der Waals surface area contributed by atoms with Crippen LogP contribution in [-0.4, -0.2) is 51.2 Å². The van der Waals surface area contributed by atoms with Crippen LogP contribution in [0.5, 0.6) is 0 Å². The number of amides is 1. The monoisotopic (exact) mass is 398 g/mol. The minimum Gasteiger partial charge on any atom is -0.466 e. The molecule has 2 rings (SSSR count). The van der Waals surface area contributed by atoms with Crippen LogP contribution >= 0.6 is 11.3 Å². The Morgan fingerprint density at radius 2 is 1.96 bits per heavy atom. The van der Waals surface area contributed by atoms with Gasteiger partial charge < -0.3 is 25.4 Å². The van der Waals surface area contributed by atoms with Gasteiger partial charge in [0.05, 0.1) is 26.3 Å². The van der Waals surface area contributed by atoms with Crippen molar-refractivity contribution in [2.24, 2.45) is 5.92 Å². The number of likely N-dealkylation sites (tertiary alicyclic amines) is 1. The number of rotatable bonds is 7. The van der Waals surface area contributed by atoms with Crippen molar-refractivity contribution in [1.29, 1.82) is 0 Å². The Balaban J connectivity index is 2.28. The first-order chi connectivity index (χ1) is 12.9. The Labute approximate surface area is 163 Å². The number of nitrogen functional groups attached to an aromatic ring is 1. The molecule has 4 N–H and O–H groups in total. The van der Waals surface area contributed by atoms with Crippen LogP contribution in [0.3, 0.4) is 0 Å². The summed E-state index contributed by atoms with van der Waals surface area (Å²) in [5.41, 5.74) is 6.90. The molecule has 1 aliphatic heterocycles. The topological polar surface area (TPSA) is 112 Å². The van der Waals surface area contributed by atoms with E-state index in [1.165, 1.54) is 7.05 Å². The third-order valence-electron chi connectivity index (χ3n) is 4.61. The van der Waals surface area contributed by atoms with Gasteiger partial charge in [0, 0.05) is 12.6 Å². The summed E-state index contributed by atoms with van der Waals surface area (Å²) in [6.07, 6.45) is 1.67. The summed E-state index contributed by atoms with van der Waals surface area (Å²) in [4.78, 5) is 38.3. The molecule has 1 aromatic rings. The molecule has 8 nitrogen and oxygen atoms in total. The summed E-state index contributed by atoms with van der Waals surface area (Å²) in [6, 6.07) is 0. The largest absolute Gasteiger partial charge is 0.466 e. The Bertz CT molecular complexity index is 703. The lowest BCUT2D eigenvalue weighted by molar-refractivity contribution is -0.921. The van der Waals surface area contributed by atoms with Gasteiger partial charge in [0.15, 0.2) is 0 Å². The lowest BCUT2D eigenvalue weighted by Gasteiger charge is -2.29. The van der Waals surface area contributed by atoms with Crippen molar-refractivity contribution in [3.05, 3.63) is 16.0 Å². The normalized spacial score (nSPS) is 19.4. The molecule has 0 spiro atoms. The summed E-state index contributed by atoms with van der Waals surface area (Å²) in [7, 11) is 1.54. The fraction of sp³-hybridized carbons (Fsp3) is 0.611. The average molecular weight is 399 g/mol. The summed E-state index contributed by atoms with van der Waals surface area (Å²) >= 11 is 1.09. The number of piperidine rings is 1. The van der Waals surface area contributed by atoms with Crippen LogP contribution in [-0.2, 0) is 20.8 Å². The van der Waals surface area contributed by atoms with E-state index in [1.54, 1.807) is 13.8 Å². The zero-order valence-corrected chi connectivity index (χ0v) is 16.9. The fourth-order valence-corrected chi connectivity index (χ4v) is 4.42. The lowest BCUT2D eigenvalue weighted by atomic mass is 9.97. The maximum absolute atomic E-state index is 12.4. The van der Waals surface area contributed by atoms with Crippen molar-refractivity contribution in [1.82, 2.24) is 5.32 Å². The smallest absolute Gasteiger partial charge is 0.341 e. The van der Waals surface area contributed by atoms with Gasteiger partial charge in [-0.05, 0) is 26.7 Å². The van der Waals surface area contributed by atoms with Crippen molar-refractivity contribution in [2.75, 3.05) is 39.1 Å². The number of anilines is 1. The number of quaternary nitrogens is 1. The van der Waals surface area contributed by atoms with Crippen LogP contribution in [0.4, 0.5) is 5.00 Å². The van der Waals surface area contributed by atoms with Crippen LogP contribution in [0.15, 0.2) is 0 Å². The first-order valence-electron chi connectivity index (χ1n) is 9.23. The molecule has 1 aromatic heterocycles. The molecule has 1 aliphatic rings. The third kappa shape index (κ3) is 4.98. The third-order valence-corrected chi connectivity index (χ3v) is 5.67. The molecule has 150 valence electrons. The molecule has 2 heterocycles. The Morgan fingerprint density at radius 3 is 2.59 bits per heavy atom. The molecule has 2 atom stereocenters. The molecule has 1 saturated heterocycles. The van der Waals surface area contributed by atoms with Gasteiger partial charge in [-0.1, -0.05) is 0 Å². The molecule has 0 aliphatic carbocycles. The van der Waals surface area contributed by atoms with E-state index in [9.17, 15) is 14.4 Å². The summed E-state index contributed by atoms with van der Waals surface area (Å²) < 4.78 is 10.3. The van der Waals surface area contributed by atoms with Gasteiger partial charge in [0.2, 0.25) is 0 Å². The maximum Gasteiger partial charge on any atom is 0.341 e. The second-order valence-corrected chi connectivity index (χ2v) is 7.47. The van der Waals surface area contributed by atoms with E-state index < -0.39 is 5.97 Å². The molecule has 1 amide bonds. The van der Waals surface area contributed by atoms with Crippen molar-refractivity contribution in [2.45, 2.75) is 33.2 Å². The number of thiophene rings is 1. The predicted molar refractivity (Wildman–Crippen MR) is 102 cm³/mol. The van der Waals surface area contributed by atoms with E-state index in [0.717, 1.165) is 35.6 Å². The van der Waals surface area contributed by atoms with Crippen LogP contribution in [0, 0.1) is 5.92 Å². The Morgan fingerprint density at radius 1 is 1.26 bits per heavy atom.